The highest BCUT2D eigenvalue weighted by atomic mass is 14.6. The molecular formula is C21H27N. The Hall–Kier alpha value is -1.29. The molecule has 4 rings (SSSR count). The second kappa shape index (κ2) is 4.85. The van der Waals surface area contributed by atoms with E-state index in [0.29, 0.717) is 11.3 Å². The summed E-state index contributed by atoms with van der Waals surface area (Å²) >= 11 is 0. The lowest BCUT2D eigenvalue weighted by Gasteiger charge is -2.50. The zero-order chi connectivity index (χ0) is 15.5. The van der Waals surface area contributed by atoms with E-state index in [9.17, 15) is 5.26 Å². The van der Waals surface area contributed by atoms with Crippen LogP contribution in [-0.4, -0.2) is 0 Å². The van der Waals surface area contributed by atoms with Crippen molar-refractivity contribution in [1.29, 1.82) is 5.26 Å². The second-order valence-corrected chi connectivity index (χ2v) is 8.45. The quantitative estimate of drug-likeness (QED) is 0.637. The fourth-order valence-electron chi connectivity index (χ4n) is 6.33. The number of fused-ring (bicyclic) bond motifs is 5. The molecule has 1 aromatic carbocycles. The van der Waals surface area contributed by atoms with Gasteiger partial charge in [-0.15, -0.1) is 0 Å². The summed E-state index contributed by atoms with van der Waals surface area (Å²) in [5, 5.41) is 9.40. The molecule has 1 nitrogen and oxygen atoms in total. The predicted molar refractivity (Wildman–Crippen MR) is 89.5 cm³/mol. The van der Waals surface area contributed by atoms with Crippen LogP contribution in [0.3, 0.4) is 0 Å². The van der Waals surface area contributed by atoms with Gasteiger partial charge in [0.1, 0.15) is 0 Å². The number of nitrogens with zero attached hydrogens (tertiary/aromatic N) is 1. The molecule has 0 spiro atoms. The van der Waals surface area contributed by atoms with E-state index in [0.717, 1.165) is 35.7 Å². The van der Waals surface area contributed by atoms with E-state index < -0.39 is 0 Å². The topological polar surface area (TPSA) is 23.8 Å². The molecule has 3 aliphatic rings. The summed E-state index contributed by atoms with van der Waals surface area (Å²) in [6.45, 7) is 7.53. The number of benzene rings is 1. The van der Waals surface area contributed by atoms with E-state index in [4.69, 9.17) is 0 Å². The van der Waals surface area contributed by atoms with Crippen molar-refractivity contribution in [3.63, 3.8) is 0 Å². The maximum atomic E-state index is 9.40. The van der Waals surface area contributed by atoms with Crippen molar-refractivity contribution in [3.8, 4) is 6.07 Å². The zero-order valence-corrected chi connectivity index (χ0v) is 14.1. The fourth-order valence-corrected chi connectivity index (χ4v) is 6.33. The molecule has 0 aromatic heterocycles. The van der Waals surface area contributed by atoms with Crippen LogP contribution in [0.1, 0.15) is 69.1 Å². The van der Waals surface area contributed by atoms with Gasteiger partial charge in [-0.2, -0.15) is 5.26 Å². The summed E-state index contributed by atoms with van der Waals surface area (Å²) in [6, 6.07) is 8.85. The molecule has 22 heavy (non-hydrogen) atoms. The molecule has 0 N–H and O–H groups in total. The van der Waals surface area contributed by atoms with E-state index in [-0.39, 0.29) is 0 Å². The highest BCUT2D eigenvalue weighted by molar-refractivity contribution is 5.46. The molecule has 3 unspecified atom stereocenters. The molecule has 3 aliphatic carbocycles. The van der Waals surface area contributed by atoms with Crippen molar-refractivity contribution < 1.29 is 0 Å². The van der Waals surface area contributed by atoms with Gasteiger partial charge in [0, 0.05) is 0 Å². The largest absolute Gasteiger partial charge is 0.192 e. The molecule has 2 saturated carbocycles. The van der Waals surface area contributed by atoms with E-state index in [1.54, 1.807) is 0 Å². The van der Waals surface area contributed by atoms with Gasteiger partial charge < -0.3 is 0 Å². The van der Waals surface area contributed by atoms with Crippen LogP contribution in [0.4, 0.5) is 0 Å². The lowest BCUT2D eigenvalue weighted by atomic mass is 9.54. The Morgan fingerprint density at radius 2 is 2.05 bits per heavy atom. The second-order valence-electron chi connectivity index (χ2n) is 8.45. The van der Waals surface area contributed by atoms with Crippen LogP contribution in [0, 0.1) is 40.4 Å². The van der Waals surface area contributed by atoms with Crippen molar-refractivity contribution in [2.45, 2.75) is 58.8 Å². The van der Waals surface area contributed by atoms with Crippen molar-refractivity contribution in [1.82, 2.24) is 0 Å². The minimum Gasteiger partial charge on any atom is -0.192 e. The minimum absolute atomic E-state index is 0.560. The Bertz CT molecular complexity index is 640. The minimum atomic E-state index is 0.560. The summed E-state index contributed by atoms with van der Waals surface area (Å²) in [6.07, 6.45) is 6.55. The van der Waals surface area contributed by atoms with Crippen LogP contribution in [0.5, 0.6) is 0 Å². The van der Waals surface area contributed by atoms with Gasteiger partial charge in [-0.05, 0) is 84.3 Å². The van der Waals surface area contributed by atoms with Gasteiger partial charge >= 0.3 is 0 Å². The molecule has 2 fully saturated rings. The van der Waals surface area contributed by atoms with Crippen LogP contribution in [0.15, 0.2) is 18.2 Å². The highest BCUT2D eigenvalue weighted by Gasteiger charge is 2.55. The third kappa shape index (κ3) is 1.76. The van der Waals surface area contributed by atoms with Crippen LogP contribution in [0.25, 0.3) is 0 Å². The summed E-state index contributed by atoms with van der Waals surface area (Å²) in [7, 11) is 0. The van der Waals surface area contributed by atoms with Crippen molar-refractivity contribution >= 4 is 0 Å². The van der Waals surface area contributed by atoms with Crippen molar-refractivity contribution in [2.24, 2.45) is 29.1 Å². The van der Waals surface area contributed by atoms with Gasteiger partial charge in [0.15, 0.2) is 0 Å². The first-order valence-electron chi connectivity index (χ1n) is 9.08. The molecule has 0 aliphatic heterocycles. The summed E-state index contributed by atoms with van der Waals surface area (Å²) in [4.78, 5) is 0. The smallest absolute Gasteiger partial charge is 0.0994 e. The monoisotopic (exact) mass is 293 g/mol. The average molecular weight is 293 g/mol. The van der Waals surface area contributed by atoms with Gasteiger partial charge in [0.2, 0.25) is 0 Å². The van der Waals surface area contributed by atoms with Gasteiger partial charge in [-0.3, -0.25) is 0 Å². The molecule has 0 amide bonds. The van der Waals surface area contributed by atoms with Crippen molar-refractivity contribution in [3.05, 3.63) is 34.9 Å². The Morgan fingerprint density at radius 3 is 2.82 bits per heavy atom. The maximum absolute atomic E-state index is 9.40. The molecule has 6 atom stereocenters. The number of hydrogen-bond donors (Lipinski definition) is 0. The predicted octanol–water partition coefficient (Wildman–Crippen LogP) is 5.30. The van der Waals surface area contributed by atoms with Gasteiger partial charge in [0.25, 0.3) is 0 Å². The molecule has 0 heterocycles. The normalized spacial score (nSPS) is 42.9. The first-order chi connectivity index (χ1) is 10.6. The molecule has 0 bridgehead atoms. The Kier molecular flexibility index (Phi) is 3.16. The Morgan fingerprint density at radius 1 is 1.23 bits per heavy atom. The van der Waals surface area contributed by atoms with E-state index in [2.05, 4.69) is 39.0 Å². The number of rotatable bonds is 0. The summed E-state index contributed by atoms with van der Waals surface area (Å²) in [5.41, 5.74) is 4.38. The van der Waals surface area contributed by atoms with Gasteiger partial charge in [-0.1, -0.05) is 32.9 Å². The molecule has 0 radical (unpaired) electrons. The van der Waals surface area contributed by atoms with E-state index >= 15 is 0 Å². The Balaban J connectivity index is 1.74. The molecule has 116 valence electrons. The SMILES string of the molecule is C[C@H]1CC2C3CCc4c(C#N)cccc4C3CC[C@]2(C)[C@H]1C. The average Bonchev–Trinajstić information content (AvgIpc) is 2.77. The lowest BCUT2D eigenvalue weighted by molar-refractivity contribution is 0.0319. The van der Waals surface area contributed by atoms with E-state index in [1.165, 1.54) is 36.8 Å². The lowest BCUT2D eigenvalue weighted by Crippen LogP contribution is -2.42. The van der Waals surface area contributed by atoms with E-state index in [1.807, 2.05) is 6.07 Å². The molecular weight excluding hydrogens is 266 g/mol. The van der Waals surface area contributed by atoms with Gasteiger partial charge in [-0.25, -0.2) is 0 Å². The third-order valence-electron chi connectivity index (χ3n) is 7.85. The van der Waals surface area contributed by atoms with Crippen LogP contribution < -0.4 is 0 Å². The first-order valence-corrected chi connectivity index (χ1v) is 9.08. The molecule has 1 heteroatoms. The van der Waals surface area contributed by atoms with Crippen LogP contribution in [-0.2, 0) is 6.42 Å². The number of nitriles is 1. The van der Waals surface area contributed by atoms with Crippen LogP contribution in [0.2, 0.25) is 0 Å². The number of hydrogen-bond acceptors (Lipinski definition) is 1. The Labute approximate surface area is 134 Å². The molecule has 0 saturated heterocycles. The fraction of sp³-hybridized carbons (Fsp3) is 0.667. The van der Waals surface area contributed by atoms with Crippen molar-refractivity contribution in [2.75, 3.05) is 0 Å². The van der Waals surface area contributed by atoms with Crippen LogP contribution >= 0.6 is 0 Å². The highest BCUT2D eigenvalue weighted by Crippen LogP contribution is 2.64. The molecule has 1 aromatic rings. The first kappa shape index (κ1) is 14.3. The third-order valence-corrected chi connectivity index (χ3v) is 7.85. The maximum Gasteiger partial charge on any atom is 0.0994 e. The van der Waals surface area contributed by atoms with Gasteiger partial charge in [0.05, 0.1) is 11.6 Å². The zero-order valence-electron chi connectivity index (χ0n) is 14.1. The summed E-state index contributed by atoms with van der Waals surface area (Å²) in [5.74, 6) is 4.21. The summed E-state index contributed by atoms with van der Waals surface area (Å²) < 4.78 is 0. The standard InChI is InChI=1S/C21H27N/c1-13-11-20-19-8-7-16-15(12-22)5-4-6-17(16)18(19)9-10-21(20,3)14(13)2/h4-6,13-14,18-20H,7-11H2,1-3H3/t13-,14-,18?,19?,20?,21+/m0/s1.